The molecule has 0 aliphatic carbocycles. The minimum Gasteiger partial charge on any atom is -0.315 e. The van der Waals surface area contributed by atoms with Crippen LogP contribution in [0.2, 0.25) is 0 Å². The van der Waals surface area contributed by atoms with Gasteiger partial charge in [0.25, 0.3) is 5.69 Å². The van der Waals surface area contributed by atoms with Crippen molar-refractivity contribution in [3.05, 3.63) is 48.0 Å². The molecule has 1 heterocycles. The van der Waals surface area contributed by atoms with Gasteiger partial charge in [0, 0.05) is 5.56 Å². The first-order valence-corrected chi connectivity index (χ1v) is 4.82. The maximum absolute atomic E-state index is 11.2. The van der Waals surface area contributed by atoms with E-state index in [1.165, 1.54) is 0 Å². The highest BCUT2D eigenvalue weighted by Gasteiger charge is 2.19. The molecule has 0 radical (unpaired) electrons. The second kappa shape index (κ2) is 3.55. The highest BCUT2D eigenvalue weighted by atomic mass is 16.6. The van der Waals surface area contributed by atoms with Crippen LogP contribution in [0, 0.1) is 24.0 Å². The quantitative estimate of drug-likeness (QED) is 0.431. The summed E-state index contributed by atoms with van der Waals surface area (Å²) in [6.45, 7) is 3.28. The van der Waals surface area contributed by atoms with Gasteiger partial charge in [-0.3, -0.25) is 19.7 Å². The van der Waals surface area contributed by atoms with Crippen molar-refractivity contribution >= 4 is 16.7 Å². The Balaban J connectivity index is 3.11. The van der Waals surface area contributed by atoms with Gasteiger partial charge in [-0.15, -0.1) is 0 Å². The number of hydrogen-bond acceptors (Lipinski definition) is 4. The number of H-pyrrole nitrogens is 2. The number of hydrogen-bond donors (Lipinski definition) is 2. The molecule has 0 unspecified atom stereocenters. The number of aromatic amines is 2. The predicted octanol–water partition coefficient (Wildman–Crippen LogP) is 0.741. The average Bonchev–Trinajstić information content (AvgIpc) is 2.20. The highest BCUT2D eigenvalue weighted by Crippen LogP contribution is 2.27. The van der Waals surface area contributed by atoms with E-state index in [-0.39, 0.29) is 16.7 Å². The average molecular weight is 235 g/mol. The molecule has 1 aromatic heterocycles. The van der Waals surface area contributed by atoms with E-state index in [2.05, 4.69) is 9.97 Å². The van der Waals surface area contributed by atoms with Crippen LogP contribution >= 0.6 is 0 Å². The van der Waals surface area contributed by atoms with E-state index in [9.17, 15) is 19.7 Å². The largest absolute Gasteiger partial charge is 0.315 e. The van der Waals surface area contributed by atoms with Gasteiger partial charge in [-0.2, -0.15) is 0 Å². The van der Waals surface area contributed by atoms with Crippen LogP contribution in [0.5, 0.6) is 0 Å². The van der Waals surface area contributed by atoms with E-state index >= 15 is 0 Å². The molecule has 88 valence electrons. The van der Waals surface area contributed by atoms with Crippen LogP contribution in [0.25, 0.3) is 11.0 Å². The Labute approximate surface area is 94.3 Å². The van der Waals surface area contributed by atoms with Gasteiger partial charge in [-0.05, 0) is 25.5 Å². The summed E-state index contributed by atoms with van der Waals surface area (Å²) in [7, 11) is 0. The number of nitrogens with one attached hydrogen (secondary N) is 2. The Morgan fingerprint density at radius 2 is 1.59 bits per heavy atom. The molecule has 0 saturated carbocycles. The lowest BCUT2D eigenvalue weighted by atomic mass is 10.1. The SMILES string of the molecule is Cc1cc(C)c2[nH]c(=O)c(=O)[nH]c2c1[N+](=O)[O-]. The third-order valence-electron chi connectivity index (χ3n) is 2.55. The van der Waals surface area contributed by atoms with Crippen LogP contribution in [0.3, 0.4) is 0 Å². The first-order valence-electron chi connectivity index (χ1n) is 4.82. The Kier molecular flexibility index (Phi) is 2.31. The maximum atomic E-state index is 11.2. The molecule has 2 rings (SSSR count). The molecular formula is C10H9N3O4. The molecule has 0 aliphatic heterocycles. The van der Waals surface area contributed by atoms with Gasteiger partial charge in [0.2, 0.25) is 0 Å². The lowest BCUT2D eigenvalue weighted by Gasteiger charge is -2.05. The Hall–Kier alpha value is -2.44. The maximum Gasteiger partial charge on any atom is 0.314 e. The lowest BCUT2D eigenvalue weighted by molar-refractivity contribution is -0.383. The number of aryl methyl sites for hydroxylation is 2. The van der Waals surface area contributed by atoms with Crippen LogP contribution in [0.15, 0.2) is 15.7 Å². The number of nitrogens with zero attached hydrogens (tertiary/aromatic N) is 1. The van der Waals surface area contributed by atoms with Crippen molar-refractivity contribution in [3.63, 3.8) is 0 Å². The molecule has 0 spiro atoms. The van der Waals surface area contributed by atoms with Crippen molar-refractivity contribution < 1.29 is 4.92 Å². The fourth-order valence-electron chi connectivity index (χ4n) is 1.84. The summed E-state index contributed by atoms with van der Waals surface area (Å²) < 4.78 is 0. The lowest BCUT2D eigenvalue weighted by Crippen LogP contribution is -2.29. The molecule has 0 saturated heterocycles. The number of nitro benzene ring substituents is 1. The molecule has 7 heteroatoms. The van der Waals surface area contributed by atoms with Crippen molar-refractivity contribution in [1.29, 1.82) is 0 Å². The van der Waals surface area contributed by atoms with E-state index in [0.29, 0.717) is 11.1 Å². The summed E-state index contributed by atoms with van der Waals surface area (Å²) in [5.41, 5.74) is -0.480. The number of nitro groups is 1. The third kappa shape index (κ3) is 1.61. The number of rotatable bonds is 1. The Morgan fingerprint density at radius 1 is 1.06 bits per heavy atom. The van der Waals surface area contributed by atoms with E-state index in [1.54, 1.807) is 19.9 Å². The molecule has 2 aromatic rings. The van der Waals surface area contributed by atoms with Crippen LogP contribution in [0.4, 0.5) is 5.69 Å². The normalized spacial score (nSPS) is 10.7. The van der Waals surface area contributed by atoms with Gasteiger partial charge in [-0.25, -0.2) is 0 Å². The van der Waals surface area contributed by atoms with Crippen LogP contribution in [-0.4, -0.2) is 14.9 Å². The van der Waals surface area contributed by atoms with Gasteiger partial charge in [0.15, 0.2) is 0 Å². The van der Waals surface area contributed by atoms with Gasteiger partial charge in [-0.1, -0.05) is 0 Å². The molecule has 0 fully saturated rings. The topological polar surface area (TPSA) is 109 Å². The van der Waals surface area contributed by atoms with Gasteiger partial charge in [0.05, 0.1) is 10.4 Å². The summed E-state index contributed by atoms with van der Waals surface area (Å²) in [5.74, 6) is 0. The van der Waals surface area contributed by atoms with Crippen LogP contribution in [-0.2, 0) is 0 Å². The van der Waals surface area contributed by atoms with Crippen molar-refractivity contribution in [3.8, 4) is 0 Å². The van der Waals surface area contributed by atoms with E-state index in [0.717, 1.165) is 0 Å². The van der Waals surface area contributed by atoms with Crippen molar-refractivity contribution in [2.24, 2.45) is 0 Å². The summed E-state index contributed by atoms with van der Waals surface area (Å²) >= 11 is 0. The molecule has 7 nitrogen and oxygen atoms in total. The standard InChI is InChI=1S/C10H9N3O4/c1-4-3-5(2)8(13(16)17)7-6(4)11-9(14)10(15)12-7/h3H,1-2H3,(H,11,14)(H,12,15). The second-order valence-electron chi connectivity index (χ2n) is 3.77. The fourth-order valence-corrected chi connectivity index (χ4v) is 1.84. The van der Waals surface area contributed by atoms with Gasteiger partial charge in [0.1, 0.15) is 5.52 Å². The minimum atomic E-state index is -0.898. The summed E-state index contributed by atoms with van der Waals surface area (Å²) in [4.78, 5) is 37.3. The van der Waals surface area contributed by atoms with Crippen LogP contribution < -0.4 is 11.1 Å². The van der Waals surface area contributed by atoms with Gasteiger partial charge >= 0.3 is 11.1 Å². The summed E-state index contributed by atoms with van der Waals surface area (Å²) in [5, 5.41) is 10.9. The van der Waals surface area contributed by atoms with Crippen molar-refractivity contribution in [2.45, 2.75) is 13.8 Å². The Morgan fingerprint density at radius 3 is 2.12 bits per heavy atom. The van der Waals surface area contributed by atoms with Crippen molar-refractivity contribution in [1.82, 2.24) is 9.97 Å². The molecule has 0 bridgehead atoms. The molecule has 17 heavy (non-hydrogen) atoms. The van der Waals surface area contributed by atoms with Crippen molar-refractivity contribution in [2.75, 3.05) is 0 Å². The highest BCUT2D eigenvalue weighted by molar-refractivity contribution is 5.87. The number of benzene rings is 1. The fraction of sp³-hybridized carbons (Fsp3) is 0.200. The molecule has 0 amide bonds. The molecule has 1 aromatic carbocycles. The monoisotopic (exact) mass is 235 g/mol. The second-order valence-corrected chi connectivity index (χ2v) is 3.77. The van der Waals surface area contributed by atoms with Crippen LogP contribution in [0.1, 0.15) is 11.1 Å². The summed E-state index contributed by atoms with van der Waals surface area (Å²) in [6, 6.07) is 1.59. The smallest absolute Gasteiger partial charge is 0.314 e. The zero-order valence-corrected chi connectivity index (χ0v) is 9.16. The first kappa shape index (κ1) is 11.1. The zero-order chi connectivity index (χ0) is 12.7. The molecule has 2 N–H and O–H groups in total. The minimum absolute atomic E-state index is 0.0529. The molecular weight excluding hydrogens is 226 g/mol. The summed E-state index contributed by atoms with van der Waals surface area (Å²) in [6.07, 6.45) is 0. The van der Waals surface area contributed by atoms with E-state index < -0.39 is 16.0 Å². The predicted molar refractivity (Wildman–Crippen MR) is 61.3 cm³/mol. The Bertz CT molecular complexity index is 742. The van der Waals surface area contributed by atoms with E-state index in [1.807, 2.05) is 0 Å². The number of fused-ring (bicyclic) bond motifs is 1. The first-order chi connectivity index (χ1) is 7.91. The van der Waals surface area contributed by atoms with E-state index in [4.69, 9.17) is 0 Å². The molecule has 0 aliphatic rings. The van der Waals surface area contributed by atoms with Gasteiger partial charge < -0.3 is 9.97 Å². The zero-order valence-electron chi connectivity index (χ0n) is 9.16. The molecule has 0 atom stereocenters. The number of aromatic nitrogens is 2. The third-order valence-corrected chi connectivity index (χ3v) is 2.55.